The van der Waals surface area contributed by atoms with Gasteiger partial charge in [-0.05, 0) is 18.2 Å². The molecule has 0 saturated heterocycles. The lowest BCUT2D eigenvalue weighted by atomic mass is 10.2. The summed E-state index contributed by atoms with van der Waals surface area (Å²) < 4.78 is 7.79. The maximum atomic E-state index is 6.10. The van der Waals surface area contributed by atoms with Crippen LogP contribution in [0.2, 0.25) is 30.8 Å². The molecular formula is C15H19ClN4OSi. The van der Waals surface area contributed by atoms with Gasteiger partial charge in [0, 0.05) is 20.1 Å². The highest BCUT2D eigenvalue weighted by Crippen LogP contribution is 2.24. The van der Waals surface area contributed by atoms with Crippen molar-refractivity contribution in [2.24, 2.45) is 0 Å². The first-order valence-corrected chi connectivity index (χ1v) is 11.4. The van der Waals surface area contributed by atoms with Crippen LogP contribution in [0, 0.1) is 0 Å². The van der Waals surface area contributed by atoms with Crippen molar-refractivity contribution in [1.82, 2.24) is 19.5 Å². The highest BCUT2D eigenvalue weighted by Gasteiger charge is 2.12. The minimum Gasteiger partial charge on any atom is -0.361 e. The Morgan fingerprint density at radius 2 is 1.95 bits per heavy atom. The Hall–Kier alpha value is -1.50. The van der Waals surface area contributed by atoms with Crippen LogP contribution in [-0.4, -0.2) is 34.2 Å². The molecule has 2 heterocycles. The zero-order valence-electron chi connectivity index (χ0n) is 13.0. The van der Waals surface area contributed by atoms with Gasteiger partial charge in [-0.25, -0.2) is 15.0 Å². The van der Waals surface area contributed by atoms with E-state index in [-0.39, 0.29) is 0 Å². The van der Waals surface area contributed by atoms with Gasteiger partial charge < -0.3 is 9.30 Å². The van der Waals surface area contributed by atoms with Crippen LogP contribution in [-0.2, 0) is 11.5 Å². The highest BCUT2D eigenvalue weighted by molar-refractivity contribution is 6.76. The molecule has 0 unspecified atom stereocenters. The van der Waals surface area contributed by atoms with Gasteiger partial charge in [-0.15, -0.1) is 0 Å². The van der Waals surface area contributed by atoms with Gasteiger partial charge in [-0.3, -0.25) is 0 Å². The van der Waals surface area contributed by atoms with Crippen LogP contribution in [0.1, 0.15) is 0 Å². The molecule has 0 aliphatic rings. The predicted molar refractivity (Wildman–Crippen MR) is 91.9 cm³/mol. The van der Waals surface area contributed by atoms with E-state index in [0.29, 0.717) is 11.9 Å². The van der Waals surface area contributed by atoms with Crippen molar-refractivity contribution in [2.75, 3.05) is 6.61 Å². The monoisotopic (exact) mass is 334 g/mol. The Morgan fingerprint density at radius 3 is 2.73 bits per heavy atom. The molecule has 116 valence electrons. The standard InChI is InChI=1S/C15H19ClN4OSi/c1-22(2,3)5-4-21-10-20-9-19-13-6-11-12(7-14(13)20)17-8-18-15(11)16/h6-9H,4-5,10H2,1-3H3. The number of hydrogen-bond acceptors (Lipinski definition) is 4. The molecule has 0 fully saturated rings. The van der Waals surface area contributed by atoms with Crippen molar-refractivity contribution in [1.29, 1.82) is 0 Å². The average Bonchev–Trinajstić information content (AvgIpc) is 2.84. The summed E-state index contributed by atoms with van der Waals surface area (Å²) in [6.07, 6.45) is 3.26. The molecule has 0 saturated carbocycles. The van der Waals surface area contributed by atoms with Gasteiger partial charge in [0.2, 0.25) is 0 Å². The lowest BCUT2D eigenvalue weighted by molar-refractivity contribution is 0.0898. The maximum Gasteiger partial charge on any atom is 0.140 e. The summed E-state index contributed by atoms with van der Waals surface area (Å²) in [4.78, 5) is 12.7. The van der Waals surface area contributed by atoms with Gasteiger partial charge in [-0.1, -0.05) is 31.2 Å². The summed E-state index contributed by atoms with van der Waals surface area (Å²) in [6.45, 7) is 8.33. The van der Waals surface area contributed by atoms with E-state index in [4.69, 9.17) is 16.3 Å². The molecule has 0 aliphatic carbocycles. The van der Waals surface area contributed by atoms with Gasteiger partial charge in [0.1, 0.15) is 18.2 Å². The van der Waals surface area contributed by atoms with E-state index in [9.17, 15) is 0 Å². The number of nitrogens with zero attached hydrogens (tertiary/aromatic N) is 4. The maximum absolute atomic E-state index is 6.10. The quantitative estimate of drug-likeness (QED) is 0.403. The second kappa shape index (κ2) is 5.95. The lowest BCUT2D eigenvalue weighted by Crippen LogP contribution is -2.21. The molecule has 7 heteroatoms. The first kappa shape index (κ1) is 15.4. The normalized spacial score (nSPS) is 12.4. The number of benzene rings is 1. The van der Waals surface area contributed by atoms with Crippen LogP contribution in [0.5, 0.6) is 0 Å². The van der Waals surface area contributed by atoms with E-state index in [2.05, 4.69) is 34.6 Å². The minimum absolute atomic E-state index is 0.452. The number of aromatic nitrogens is 4. The largest absolute Gasteiger partial charge is 0.361 e. The van der Waals surface area contributed by atoms with Crippen LogP contribution < -0.4 is 0 Å². The van der Waals surface area contributed by atoms with Crippen LogP contribution in [0.25, 0.3) is 21.9 Å². The van der Waals surface area contributed by atoms with Gasteiger partial charge in [0.15, 0.2) is 0 Å². The van der Waals surface area contributed by atoms with E-state index < -0.39 is 8.07 Å². The fourth-order valence-electron chi connectivity index (χ4n) is 2.22. The first-order valence-electron chi connectivity index (χ1n) is 7.27. The number of hydrogen-bond donors (Lipinski definition) is 0. The van der Waals surface area contributed by atoms with Crippen molar-refractivity contribution in [2.45, 2.75) is 32.4 Å². The summed E-state index contributed by atoms with van der Waals surface area (Å²) in [5, 5.41) is 1.27. The summed E-state index contributed by atoms with van der Waals surface area (Å²) in [6, 6.07) is 5.06. The molecule has 2 aromatic heterocycles. The Labute approximate surface area is 135 Å². The summed E-state index contributed by atoms with van der Waals surface area (Å²) in [5.41, 5.74) is 2.68. The van der Waals surface area contributed by atoms with Crippen LogP contribution >= 0.6 is 11.6 Å². The molecule has 1 aromatic carbocycles. The zero-order valence-corrected chi connectivity index (χ0v) is 14.8. The summed E-state index contributed by atoms with van der Waals surface area (Å²) in [5.74, 6) is 0. The molecule has 0 bridgehead atoms. The SMILES string of the molecule is C[Si](C)(C)CCOCn1cnc2cc3c(Cl)ncnc3cc21. The molecule has 0 spiro atoms. The van der Waals surface area contributed by atoms with Crippen LogP contribution in [0.4, 0.5) is 0 Å². The molecule has 0 aliphatic heterocycles. The molecule has 3 aromatic rings. The van der Waals surface area contributed by atoms with Gasteiger partial charge in [0.05, 0.1) is 22.9 Å². The number of ether oxygens (including phenoxy) is 1. The van der Waals surface area contributed by atoms with Crippen molar-refractivity contribution in [3.05, 3.63) is 29.9 Å². The Balaban J connectivity index is 1.82. The zero-order chi connectivity index (χ0) is 15.7. The molecule has 22 heavy (non-hydrogen) atoms. The second-order valence-electron chi connectivity index (χ2n) is 6.58. The third-order valence-electron chi connectivity index (χ3n) is 3.56. The van der Waals surface area contributed by atoms with E-state index in [1.807, 2.05) is 16.7 Å². The third kappa shape index (κ3) is 3.29. The third-order valence-corrected chi connectivity index (χ3v) is 5.56. The fourth-order valence-corrected chi connectivity index (χ4v) is 3.17. The molecule has 0 radical (unpaired) electrons. The molecule has 0 N–H and O–H groups in total. The van der Waals surface area contributed by atoms with Gasteiger partial charge in [0.25, 0.3) is 0 Å². The Morgan fingerprint density at radius 1 is 1.14 bits per heavy atom. The number of halogens is 1. The second-order valence-corrected chi connectivity index (χ2v) is 12.6. The number of rotatable bonds is 5. The Bertz CT molecular complexity index is 812. The van der Waals surface area contributed by atoms with Crippen LogP contribution in [0.3, 0.4) is 0 Å². The molecular weight excluding hydrogens is 316 g/mol. The van der Waals surface area contributed by atoms with E-state index >= 15 is 0 Å². The molecule has 0 atom stereocenters. The van der Waals surface area contributed by atoms with Crippen molar-refractivity contribution < 1.29 is 4.74 Å². The summed E-state index contributed by atoms with van der Waals surface area (Å²) in [7, 11) is -1.06. The smallest absolute Gasteiger partial charge is 0.140 e. The molecule has 5 nitrogen and oxygen atoms in total. The number of fused-ring (bicyclic) bond motifs is 2. The van der Waals surface area contributed by atoms with E-state index in [0.717, 1.165) is 34.6 Å². The average molecular weight is 335 g/mol. The van der Waals surface area contributed by atoms with Gasteiger partial charge >= 0.3 is 0 Å². The topological polar surface area (TPSA) is 52.8 Å². The first-order chi connectivity index (χ1) is 10.4. The van der Waals surface area contributed by atoms with Crippen molar-refractivity contribution in [3.63, 3.8) is 0 Å². The minimum atomic E-state index is -1.06. The van der Waals surface area contributed by atoms with Gasteiger partial charge in [-0.2, -0.15) is 0 Å². The highest BCUT2D eigenvalue weighted by atomic mass is 35.5. The summed E-state index contributed by atoms with van der Waals surface area (Å²) >= 11 is 6.10. The number of imidazole rings is 1. The predicted octanol–water partition coefficient (Wildman–Crippen LogP) is 3.95. The molecule has 0 amide bonds. The van der Waals surface area contributed by atoms with E-state index in [1.54, 1.807) is 6.33 Å². The lowest BCUT2D eigenvalue weighted by Gasteiger charge is -2.15. The molecule has 3 rings (SSSR count). The Kier molecular flexibility index (Phi) is 4.16. The fraction of sp³-hybridized carbons (Fsp3) is 0.400. The van der Waals surface area contributed by atoms with Crippen molar-refractivity contribution in [3.8, 4) is 0 Å². The van der Waals surface area contributed by atoms with Crippen LogP contribution in [0.15, 0.2) is 24.8 Å². The van der Waals surface area contributed by atoms with Crippen molar-refractivity contribution >= 4 is 41.6 Å². The van der Waals surface area contributed by atoms with E-state index in [1.165, 1.54) is 6.33 Å².